The molecule has 2 aromatic rings. The number of carbonyl (C=O) groups is 1. The van der Waals surface area contributed by atoms with Gasteiger partial charge in [-0.2, -0.15) is 0 Å². The summed E-state index contributed by atoms with van der Waals surface area (Å²) in [6.07, 6.45) is 1.17. The molecule has 7 nitrogen and oxygen atoms in total. The largest absolute Gasteiger partial charge is 0.368 e. The quantitative estimate of drug-likeness (QED) is 0.638. The van der Waals surface area contributed by atoms with Crippen LogP contribution in [0.15, 0.2) is 30.5 Å². The van der Waals surface area contributed by atoms with Gasteiger partial charge in [0.15, 0.2) is 0 Å². The van der Waals surface area contributed by atoms with Crippen LogP contribution in [0.4, 0.5) is 11.4 Å². The van der Waals surface area contributed by atoms with Crippen molar-refractivity contribution >= 4 is 28.2 Å². The summed E-state index contributed by atoms with van der Waals surface area (Å²) in [7, 11) is 0. The Labute approximate surface area is 108 Å². The van der Waals surface area contributed by atoms with Gasteiger partial charge in [-0.15, -0.1) is 0 Å². The van der Waals surface area contributed by atoms with E-state index in [0.717, 1.165) is 0 Å². The number of primary amides is 1. The molecule has 0 saturated heterocycles. The topological polar surface area (TPSA) is 111 Å². The Morgan fingerprint density at radius 2 is 2.16 bits per heavy atom. The number of fused-ring (bicyclic) bond motifs is 1. The molecule has 0 bridgehead atoms. The Kier molecular flexibility index (Phi) is 3.28. The number of carbonyl (C=O) groups excluding carboxylic acids is 1. The zero-order valence-electron chi connectivity index (χ0n) is 10.2. The normalized spacial score (nSPS) is 12.1. The van der Waals surface area contributed by atoms with Gasteiger partial charge in [0.2, 0.25) is 5.91 Å². The van der Waals surface area contributed by atoms with Crippen molar-refractivity contribution in [1.82, 2.24) is 4.98 Å². The zero-order valence-corrected chi connectivity index (χ0v) is 10.2. The number of pyridine rings is 1. The number of aromatic nitrogens is 1. The van der Waals surface area contributed by atoms with E-state index in [1.807, 2.05) is 0 Å². The third-order valence-electron chi connectivity index (χ3n) is 2.74. The molecule has 1 atom stereocenters. The molecular formula is C12H12N4O3. The van der Waals surface area contributed by atoms with Crippen molar-refractivity contribution in [3.63, 3.8) is 0 Å². The maximum Gasteiger partial charge on any atom is 0.311 e. The highest BCUT2D eigenvalue weighted by molar-refractivity contribution is 5.97. The Morgan fingerprint density at radius 1 is 1.47 bits per heavy atom. The van der Waals surface area contributed by atoms with Gasteiger partial charge in [-0.1, -0.05) is 18.2 Å². The van der Waals surface area contributed by atoms with Gasteiger partial charge < -0.3 is 11.1 Å². The van der Waals surface area contributed by atoms with E-state index in [-0.39, 0.29) is 11.4 Å². The predicted molar refractivity (Wildman–Crippen MR) is 70.7 cm³/mol. The summed E-state index contributed by atoms with van der Waals surface area (Å²) in [4.78, 5) is 25.6. The number of hydrogen-bond donors (Lipinski definition) is 2. The highest BCUT2D eigenvalue weighted by Crippen LogP contribution is 2.31. The predicted octanol–water partition coefficient (Wildman–Crippen LogP) is 1.43. The average Bonchev–Trinajstić information content (AvgIpc) is 2.38. The first-order valence-corrected chi connectivity index (χ1v) is 5.58. The summed E-state index contributed by atoms with van der Waals surface area (Å²) in [6, 6.07) is 6.24. The molecule has 3 N–H and O–H groups in total. The molecule has 0 aliphatic rings. The average molecular weight is 260 g/mol. The molecule has 0 aliphatic heterocycles. The molecule has 0 fully saturated rings. The van der Waals surface area contributed by atoms with Crippen molar-refractivity contribution in [2.45, 2.75) is 13.0 Å². The molecule has 7 heteroatoms. The molecule has 0 radical (unpaired) electrons. The van der Waals surface area contributed by atoms with E-state index in [9.17, 15) is 14.9 Å². The smallest absolute Gasteiger partial charge is 0.311 e. The summed E-state index contributed by atoms with van der Waals surface area (Å²) in [5.41, 5.74) is 5.83. The van der Waals surface area contributed by atoms with E-state index in [4.69, 9.17) is 5.73 Å². The van der Waals surface area contributed by atoms with Gasteiger partial charge in [-0.3, -0.25) is 14.9 Å². The minimum absolute atomic E-state index is 0.188. The highest BCUT2D eigenvalue weighted by Gasteiger charge is 2.20. The van der Waals surface area contributed by atoms with Gasteiger partial charge in [0, 0.05) is 5.39 Å². The van der Waals surface area contributed by atoms with Gasteiger partial charge in [-0.05, 0) is 13.0 Å². The molecule has 1 amide bonds. The number of hydrogen-bond acceptors (Lipinski definition) is 5. The van der Waals surface area contributed by atoms with Crippen LogP contribution < -0.4 is 11.1 Å². The number of nitrogens with one attached hydrogen (secondary N) is 1. The van der Waals surface area contributed by atoms with Crippen LogP contribution in [0.25, 0.3) is 10.9 Å². The number of benzene rings is 1. The van der Waals surface area contributed by atoms with E-state index in [0.29, 0.717) is 10.9 Å². The van der Waals surface area contributed by atoms with Gasteiger partial charge in [0.1, 0.15) is 17.9 Å². The van der Waals surface area contributed by atoms with Crippen molar-refractivity contribution in [2.75, 3.05) is 5.32 Å². The van der Waals surface area contributed by atoms with E-state index < -0.39 is 16.9 Å². The third-order valence-corrected chi connectivity index (χ3v) is 2.74. The Morgan fingerprint density at radius 3 is 2.79 bits per heavy atom. The molecular weight excluding hydrogens is 248 g/mol. The molecule has 98 valence electrons. The molecule has 1 aromatic carbocycles. The van der Waals surface area contributed by atoms with E-state index in [2.05, 4.69) is 10.3 Å². The molecule has 1 unspecified atom stereocenters. The fraction of sp³-hybridized carbons (Fsp3) is 0.167. The fourth-order valence-electron chi connectivity index (χ4n) is 1.71. The van der Waals surface area contributed by atoms with Crippen molar-refractivity contribution in [1.29, 1.82) is 0 Å². The second-order valence-electron chi connectivity index (χ2n) is 4.06. The van der Waals surface area contributed by atoms with Crippen molar-refractivity contribution in [2.24, 2.45) is 5.73 Å². The third kappa shape index (κ3) is 2.44. The molecule has 2 rings (SSSR count). The number of amides is 1. The van der Waals surface area contributed by atoms with Gasteiger partial charge in [-0.25, -0.2) is 4.98 Å². The molecule has 0 saturated carbocycles. The van der Waals surface area contributed by atoms with Crippen molar-refractivity contribution in [3.8, 4) is 0 Å². The first-order chi connectivity index (χ1) is 9.00. The first-order valence-electron chi connectivity index (χ1n) is 5.58. The molecule has 0 aliphatic carbocycles. The van der Waals surface area contributed by atoms with Crippen molar-refractivity contribution < 1.29 is 9.72 Å². The number of nitrogens with zero attached hydrogens (tertiary/aromatic N) is 2. The summed E-state index contributed by atoms with van der Waals surface area (Å²) in [6.45, 7) is 1.54. The van der Waals surface area contributed by atoms with Crippen LogP contribution in [0.2, 0.25) is 0 Å². The zero-order chi connectivity index (χ0) is 14.0. The van der Waals surface area contributed by atoms with Gasteiger partial charge >= 0.3 is 5.69 Å². The van der Waals surface area contributed by atoms with Crippen LogP contribution >= 0.6 is 0 Å². The van der Waals surface area contributed by atoms with Crippen LogP contribution in [0.5, 0.6) is 0 Å². The minimum Gasteiger partial charge on any atom is -0.368 e. The Balaban J connectivity index is 2.62. The highest BCUT2D eigenvalue weighted by atomic mass is 16.6. The fourth-order valence-corrected chi connectivity index (χ4v) is 1.71. The van der Waals surface area contributed by atoms with Crippen LogP contribution in [0.3, 0.4) is 0 Å². The lowest BCUT2D eigenvalue weighted by Crippen LogP contribution is -2.32. The lowest BCUT2D eigenvalue weighted by Gasteiger charge is -2.13. The lowest BCUT2D eigenvalue weighted by atomic mass is 10.1. The number of anilines is 1. The Bertz CT molecular complexity index is 656. The second-order valence-corrected chi connectivity index (χ2v) is 4.06. The van der Waals surface area contributed by atoms with E-state index in [1.165, 1.54) is 6.20 Å². The van der Waals surface area contributed by atoms with Crippen LogP contribution in [0, 0.1) is 10.1 Å². The first kappa shape index (κ1) is 12.7. The maximum absolute atomic E-state index is 11.1. The molecule has 1 aromatic heterocycles. The summed E-state index contributed by atoms with van der Waals surface area (Å²) in [5, 5.41) is 14.4. The molecule has 1 heterocycles. The maximum atomic E-state index is 11.1. The number of nitrogens with two attached hydrogens (primary N) is 1. The Hall–Kier alpha value is -2.70. The van der Waals surface area contributed by atoms with E-state index in [1.54, 1.807) is 31.2 Å². The number of rotatable bonds is 4. The van der Waals surface area contributed by atoms with Crippen LogP contribution in [0.1, 0.15) is 6.92 Å². The van der Waals surface area contributed by atoms with Crippen LogP contribution in [-0.2, 0) is 4.79 Å². The molecule has 19 heavy (non-hydrogen) atoms. The van der Waals surface area contributed by atoms with Crippen LogP contribution in [-0.4, -0.2) is 21.9 Å². The van der Waals surface area contributed by atoms with Gasteiger partial charge in [0.05, 0.1) is 10.4 Å². The van der Waals surface area contributed by atoms with Crippen molar-refractivity contribution in [3.05, 3.63) is 40.6 Å². The summed E-state index contributed by atoms with van der Waals surface area (Å²) in [5.74, 6) is -0.588. The monoisotopic (exact) mass is 260 g/mol. The number of para-hydroxylation sites is 1. The van der Waals surface area contributed by atoms with Gasteiger partial charge in [0.25, 0.3) is 0 Å². The molecule has 0 spiro atoms. The summed E-state index contributed by atoms with van der Waals surface area (Å²) < 4.78 is 0. The standard InChI is InChI=1S/C12H12N4O3/c1-7(12(13)17)15-11-8-4-2-3-5-9(8)14-6-10(11)16(18)19/h2-7H,1H3,(H2,13,17)(H,14,15). The lowest BCUT2D eigenvalue weighted by molar-refractivity contribution is -0.384. The number of nitro groups is 1. The minimum atomic E-state index is -0.718. The summed E-state index contributed by atoms with van der Waals surface area (Å²) >= 11 is 0. The SMILES string of the molecule is CC(Nc1c([N+](=O)[O-])cnc2ccccc12)C(N)=O. The van der Waals surface area contributed by atoms with E-state index >= 15 is 0 Å². The second kappa shape index (κ2) is 4.89.